The molecule has 0 fully saturated rings. The Morgan fingerprint density at radius 2 is 1.56 bits per heavy atom. The molecular formula is C27H17F5N2O2. The Morgan fingerprint density at radius 1 is 0.806 bits per heavy atom. The minimum absolute atomic E-state index is 0.00949. The Labute approximate surface area is 201 Å². The molecule has 36 heavy (non-hydrogen) atoms. The highest BCUT2D eigenvalue weighted by Crippen LogP contribution is 2.39. The third kappa shape index (κ3) is 4.24. The first-order valence-corrected chi connectivity index (χ1v) is 10.7. The zero-order valence-electron chi connectivity index (χ0n) is 18.7. The zero-order chi connectivity index (χ0) is 25.6. The van der Waals surface area contributed by atoms with Gasteiger partial charge < -0.3 is 14.9 Å². The first kappa shape index (κ1) is 23.3. The maximum atomic E-state index is 14.9. The first-order valence-electron chi connectivity index (χ1n) is 10.7. The number of nitrogen functional groups attached to an aromatic ring is 1. The van der Waals surface area contributed by atoms with Crippen molar-refractivity contribution in [2.75, 3.05) is 12.8 Å². The van der Waals surface area contributed by atoms with Crippen molar-refractivity contribution in [2.45, 2.75) is 6.18 Å². The molecule has 4 aromatic carbocycles. The predicted octanol–water partition coefficient (Wildman–Crippen LogP) is 7.72. The van der Waals surface area contributed by atoms with Crippen molar-refractivity contribution in [2.24, 2.45) is 0 Å². The summed E-state index contributed by atoms with van der Waals surface area (Å²) in [5.41, 5.74) is 6.79. The number of aromatic nitrogens is 1. The van der Waals surface area contributed by atoms with E-state index in [0.717, 1.165) is 24.3 Å². The average Bonchev–Trinajstić information content (AvgIpc) is 3.27. The summed E-state index contributed by atoms with van der Waals surface area (Å²) in [6, 6.07) is 16.4. The number of ether oxygens (including phenoxy) is 1. The highest BCUT2D eigenvalue weighted by atomic mass is 19.4. The van der Waals surface area contributed by atoms with Gasteiger partial charge in [-0.25, -0.2) is 13.8 Å². The summed E-state index contributed by atoms with van der Waals surface area (Å²) in [7, 11) is 1.38. The largest absolute Gasteiger partial charge is 0.496 e. The Kier molecular flexibility index (Phi) is 5.62. The van der Waals surface area contributed by atoms with E-state index in [-0.39, 0.29) is 39.6 Å². The number of methoxy groups -OCH3 is 1. The van der Waals surface area contributed by atoms with Crippen molar-refractivity contribution < 1.29 is 31.1 Å². The summed E-state index contributed by atoms with van der Waals surface area (Å²) in [6.07, 6.45) is -4.51. The van der Waals surface area contributed by atoms with Gasteiger partial charge in [0.25, 0.3) is 0 Å². The van der Waals surface area contributed by atoms with Gasteiger partial charge in [-0.3, -0.25) is 0 Å². The molecule has 0 saturated heterocycles. The lowest BCUT2D eigenvalue weighted by molar-refractivity contribution is -0.137. The molecule has 0 radical (unpaired) electrons. The molecule has 0 saturated carbocycles. The maximum Gasteiger partial charge on any atom is 0.416 e. The molecule has 0 atom stereocenters. The van der Waals surface area contributed by atoms with Crippen molar-refractivity contribution in [3.8, 4) is 39.5 Å². The lowest BCUT2D eigenvalue weighted by Gasteiger charge is -2.14. The van der Waals surface area contributed by atoms with E-state index < -0.39 is 23.4 Å². The Balaban J connectivity index is 1.61. The van der Waals surface area contributed by atoms with Crippen LogP contribution in [-0.2, 0) is 6.18 Å². The number of hydrogen-bond acceptors (Lipinski definition) is 4. The number of hydrogen-bond donors (Lipinski definition) is 1. The second kappa shape index (κ2) is 8.67. The summed E-state index contributed by atoms with van der Waals surface area (Å²) in [6.45, 7) is 0. The molecule has 9 heteroatoms. The third-order valence-corrected chi connectivity index (χ3v) is 5.71. The second-order valence-electron chi connectivity index (χ2n) is 8.05. The van der Waals surface area contributed by atoms with E-state index in [1.807, 2.05) is 0 Å². The quantitative estimate of drug-likeness (QED) is 0.204. The number of anilines is 1. The molecule has 0 aliphatic rings. The van der Waals surface area contributed by atoms with Crippen LogP contribution in [0.4, 0.5) is 27.6 Å². The van der Waals surface area contributed by atoms with Crippen LogP contribution in [0.5, 0.6) is 5.75 Å². The van der Waals surface area contributed by atoms with Crippen LogP contribution >= 0.6 is 0 Å². The van der Waals surface area contributed by atoms with Crippen LogP contribution in [0.15, 0.2) is 77.2 Å². The van der Waals surface area contributed by atoms with E-state index in [2.05, 4.69) is 4.98 Å². The lowest BCUT2D eigenvalue weighted by Crippen LogP contribution is -2.03. The molecule has 182 valence electrons. The van der Waals surface area contributed by atoms with Gasteiger partial charge >= 0.3 is 6.18 Å². The number of halogens is 5. The SMILES string of the molecule is COc1cc(F)c(-c2ccc(N)cc2F)cc1-c1cccc(-c2nc3cc(C(F)(F)F)ccc3o2)c1. The number of oxazole rings is 1. The molecular weight excluding hydrogens is 479 g/mol. The highest BCUT2D eigenvalue weighted by molar-refractivity contribution is 5.82. The van der Waals surface area contributed by atoms with Crippen molar-refractivity contribution in [1.29, 1.82) is 0 Å². The summed E-state index contributed by atoms with van der Waals surface area (Å²) >= 11 is 0. The molecule has 0 unspecified atom stereocenters. The van der Waals surface area contributed by atoms with Crippen LogP contribution in [0.3, 0.4) is 0 Å². The van der Waals surface area contributed by atoms with Crippen LogP contribution < -0.4 is 10.5 Å². The number of nitrogens with zero attached hydrogens (tertiary/aromatic N) is 1. The number of rotatable bonds is 4. The van der Waals surface area contributed by atoms with E-state index in [1.54, 1.807) is 24.3 Å². The van der Waals surface area contributed by atoms with Gasteiger partial charge in [-0.1, -0.05) is 12.1 Å². The van der Waals surface area contributed by atoms with Gasteiger partial charge in [-0.15, -0.1) is 0 Å². The van der Waals surface area contributed by atoms with Gasteiger partial charge in [0.2, 0.25) is 5.89 Å². The molecule has 5 aromatic rings. The summed E-state index contributed by atoms with van der Waals surface area (Å²) in [5.74, 6) is -1.05. The third-order valence-electron chi connectivity index (χ3n) is 5.71. The number of benzene rings is 4. The van der Waals surface area contributed by atoms with E-state index in [4.69, 9.17) is 14.9 Å². The predicted molar refractivity (Wildman–Crippen MR) is 126 cm³/mol. The second-order valence-corrected chi connectivity index (χ2v) is 8.05. The highest BCUT2D eigenvalue weighted by Gasteiger charge is 2.31. The van der Waals surface area contributed by atoms with E-state index in [1.165, 1.54) is 31.4 Å². The molecule has 1 aromatic heterocycles. The first-order chi connectivity index (χ1) is 17.1. The standard InChI is InChI=1S/C27H17F5N2O2/c1-35-25-13-22(29)20(18-7-6-17(33)11-21(18)28)12-19(25)14-3-2-4-15(9-14)26-34-23-10-16(27(30,31)32)5-8-24(23)36-26/h2-13H,33H2,1H3. The Hall–Kier alpha value is -4.40. The zero-order valence-corrected chi connectivity index (χ0v) is 18.7. The van der Waals surface area contributed by atoms with Gasteiger partial charge in [0.05, 0.1) is 12.7 Å². The summed E-state index contributed by atoms with van der Waals surface area (Å²) in [4.78, 5) is 4.21. The summed E-state index contributed by atoms with van der Waals surface area (Å²) in [5, 5.41) is 0. The van der Waals surface area contributed by atoms with E-state index >= 15 is 0 Å². The van der Waals surface area contributed by atoms with E-state index in [0.29, 0.717) is 16.7 Å². The topological polar surface area (TPSA) is 61.3 Å². The van der Waals surface area contributed by atoms with Crippen LogP contribution in [0.25, 0.3) is 44.8 Å². The van der Waals surface area contributed by atoms with Crippen molar-refractivity contribution >= 4 is 16.8 Å². The number of nitrogens with two attached hydrogens (primary N) is 1. The molecule has 0 aliphatic heterocycles. The van der Waals surface area contributed by atoms with Crippen LogP contribution in [0, 0.1) is 11.6 Å². The molecule has 1 heterocycles. The maximum absolute atomic E-state index is 14.9. The smallest absolute Gasteiger partial charge is 0.416 e. The fourth-order valence-electron chi connectivity index (χ4n) is 3.95. The van der Waals surface area contributed by atoms with Gasteiger partial charge in [0.1, 0.15) is 22.9 Å². The molecule has 0 bridgehead atoms. The molecule has 4 nitrogen and oxygen atoms in total. The fourth-order valence-corrected chi connectivity index (χ4v) is 3.95. The van der Waals surface area contributed by atoms with Crippen LogP contribution in [-0.4, -0.2) is 12.1 Å². The van der Waals surface area contributed by atoms with E-state index in [9.17, 15) is 22.0 Å². The lowest BCUT2D eigenvalue weighted by atomic mass is 9.96. The minimum atomic E-state index is -4.51. The molecule has 0 spiro atoms. The Morgan fingerprint density at radius 3 is 2.28 bits per heavy atom. The molecule has 0 aliphatic carbocycles. The van der Waals surface area contributed by atoms with Gasteiger partial charge in [0.15, 0.2) is 5.58 Å². The van der Waals surface area contributed by atoms with Gasteiger partial charge in [-0.2, -0.15) is 13.2 Å². The number of alkyl halides is 3. The molecule has 5 rings (SSSR count). The van der Waals surface area contributed by atoms with Crippen molar-refractivity contribution in [1.82, 2.24) is 4.98 Å². The molecule has 2 N–H and O–H groups in total. The number of fused-ring (bicyclic) bond motifs is 1. The van der Waals surface area contributed by atoms with Gasteiger partial charge in [-0.05, 0) is 60.2 Å². The van der Waals surface area contributed by atoms with Crippen molar-refractivity contribution in [3.05, 3.63) is 90.0 Å². The molecule has 0 amide bonds. The normalized spacial score (nSPS) is 11.7. The van der Waals surface area contributed by atoms with Crippen LogP contribution in [0.1, 0.15) is 5.56 Å². The average molecular weight is 496 g/mol. The van der Waals surface area contributed by atoms with Gasteiger partial charge in [0, 0.05) is 34.0 Å². The summed E-state index contributed by atoms with van der Waals surface area (Å²) < 4.78 is 79.7. The fraction of sp³-hybridized carbons (Fsp3) is 0.0741. The minimum Gasteiger partial charge on any atom is -0.496 e. The Bertz CT molecular complexity index is 1610. The monoisotopic (exact) mass is 496 g/mol. The van der Waals surface area contributed by atoms with Crippen molar-refractivity contribution in [3.63, 3.8) is 0 Å². The van der Waals surface area contributed by atoms with Crippen LogP contribution in [0.2, 0.25) is 0 Å².